The molecule has 4 nitrogen and oxygen atoms in total. The molecule has 2 N–H and O–H groups in total. The molecule has 0 spiro atoms. The number of ether oxygens (including phenoxy) is 1. The highest BCUT2D eigenvalue weighted by Gasteiger charge is 2.09. The third-order valence-electron chi connectivity index (χ3n) is 4.93. The molecular formula is C24H21FN2O2. The number of methoxy groups -OCH3 is 1. The molecule has 4 aromatic rings. The number of phenols is 1. The van der Waals surface area contributed by atoms with E-state index in [0.29, 0.717) is 18.8 Å². The number of aromatic nitrogens is 1. The lowest BCUT2D eigenvalue weighted by atomic mass is 9.96. The zero-order chi connectivity index (χ0) is 20.2. The van der Waals surface area contributed by atoms with Crippen LogP contribution in [0.25, 0.3) is 21.9 Å². The predicted octanol–water partition coefficient (Wildman–Crippen LogP) is 5.04. The van der Waals surface area contributed by atoms with Crippen LogP contribution in [0.5, 0.6) is 11.5 Å². The summed E-state index contributed by atoms with van der Waals surface area (Å²) in [5.41, 5.74) is 3.95. The first kappa shape index (κ1) is 18.9. The van der Waals surface area contributed by atoms with Gasteiger partial charge in [0.25, 0.3) is 0 Å². The summed E-state index contributed by atoms with van der Waals surface area (Å²) in [5, 5.41) is 15.2. The van der Waals surface area contributed by atoms with Crippen LogP contribution >= 0.6 is 0 Å². The highest BCUT2D eigenvalue weighted by molar-refractivity contribution is 5.98. The van der Waals surface area contributed by atoms with Crippen LogP contribution in [0.2, 0.25) is 0 Å². The molecule has 0 aliphatic heterocycles. The molecule has 3 aromatic carbocycles. The first-order chi connectivity index (χ1) is 14.2. The fourth-order valence-electron chi connectivity index (χ4n) is 3.48. The summed E-state index contributed by atoms with van der Waals surface area (Å²) >= 11 is 0. The molecule has 0 fully saturated rings. The molecule has 0 aliphatic rings. The standard InChI is InChI=1S/C24H21FN2O2/c1-29-24-11-16(5-8-23(24)28)13-27-14-18-6-7-20(17-3-2-4-19(25)12-17)21-9-10-26-15-22(18)21/h2-12,15,27-28H,13-14H2,1H3. The Hall–Kier alpha value is -3.44. The van der Waals surface area contributed by atoms with Crippen molar-refractivity contribution in [3.05, 3.63) is 90.0 Å². The maximum atomic E-state index is 13.7. The number of hydrogen-bond donors (Lipinski definition) is 2. The zero-order valence-electron chi connectivity index (χ0n) is 16.0. The number of hydrogen-bond acceptors (Lipinski definition) is 4. The third kappa shape index (κ3) is 4.05. The SMILES string of the molecule is COc1cc(CNCc2ccc(-c3cccc(F)c3)c3ccncc23)ccc1O. The van der Waals surface area contributed by atoms with E-state index >= 15 is 0 Å². The monoisotopic (exact) mass is 388 g/mol. The number of phenolic OH excluding ortho intramolecular Hbond substituents is 1. The van der Waals surface area contributed by atoms with Crippen molar-refractivity contribution in [3.63, 3.8) is 0 Å². The molecule has 0 amide bonds. The Kier molecular flexibility index (Phi) is 5.40. The molecule has 5 heteroatoms. The van der Waals surface area contributed by atoms with Gasteiger partial charge in [-0.3, -0.25) is 4.98 Å². The number of rotatable bonds is 6. The van der Waals surface area contributed by atoms with Crippen molar-refractivity contribution in [1.29, 1.82) is 0 Å². The topological polar surface area (TPSA) is 54.4 Å². The Morgan fingerprint density at radius 2 is 1.90 bits per heavy atom. The normalized spacial score (nSPS) is 11.0. The molecule has 0 atom stereocenters. The summed E-state index contributed by atoms with van der Waals surface area (Å²) in [6.45, 7) is 1.28. The van der Waals surface area contributed by atoms with Gasteiger partial charge in [0.2, 0.25) is 0 Å². The van der Waals surface area contributed by atoms with Crippen molar-refractivity contribution in [2.24, 2.45) is 0 Å². The predicted molar refractivity (Wildman–Crippen MR) is 112 cm³/mol. The van der Waals surface area contributed by atoms with Crippen LogP contribution in [-0.2, 0) is 13.1 Å². The maximum Gasteiger partial charge on any atom is 0.160 e. The summed E-state index contributed by atoms with van der Waals surface area (Å²) in [6.07, 6.45) is 3.60. The van der Waals surface area contributed by atoms with Crippen LogP contribution in [0.1, 0.15) is 11.1 Å². The number of fused-ring (bicyclic) bond motifs is 1. The molecule has 0 radical (unpaired) electrons. The van der Waals surface area contributed by atoms with Gasteiger partial charge in [-0.2, -0.15) is 0 Å². The molecule has 1 heterocycles. The van der Waals surface area contributed by atoms with Gasteiger partial charge in [0.05, 0.1) is 7.11 Å². The highest BCUT2D eigenvalue weighted by atomic mass is 19.1. The van der Waals surface area contributed by atoms with Gasteiger partial charge in [-0.15, -0.1) is 0 Å². The van der Waals surface area contributed by atoms with E-state index in [1.165, 1.54) is 13.2 Å². The number of benzene rings is 3. The molecule has 29 heavy (non-hydrogen) atoms. The lowest BCUT2D eigenvalue weighted by Crippen LogP contribution is -2.13. The molecule has 0 bridgehead atoms. The quantitative estimate of drug-likeness (QED) is 0.486. The maximum absolute atomic E-state index is 13.7. The molecule has 0 unspecified atom stereocenters. The summed E-state index contributed by atoms with van der Waals surface area (Å²) in [7, 11) is 1.53. The molecule has 1 aromatic heterocycles. The molecule has 0 saturated heterocycles. The van der Waals surface area contributed by atoms with Crippen LogP contribution < -0.4 is 10.1 Å². The smallest absolute Gasteiger partial charge is 0.160 e. The number of nitrogens with zero attached hydrogens (tertiary/aromatic N) is 1. The van der Waals surface area contributed by atoms with E-state index in [-0.39, 0.29) is 11.6 Å². The van der Waals surface area contributed by atoms with E-state index in [0.717, 1.165) is 33.0 Å². The molecule has 4 rings (SSSR count). The van der Waals surface area contributed by atoms with Gasteiger partial charge in [-0.25, -0.2) is 4.39 Å². The van der Waals surface area contributed by atoms with Crippen LogP contribution in [-0.4, -0.2) is 17.2 Å². The first-order valence-electron chi connectivity index (χ1n) is 9.34. The Labute approximate surface area is 168 Å². The average molecular weight is 388 g/mol. The van der Waals surface area contributed by atoms with Gasteiger partial charge >= 0.3 is 0 Å². The van der Waals surface area contributed by atoms with E-state index in [1.54, 1.807) is 24.4 Å². The number of nitrogens with one attached hydrogen (secondary N) is 1. The van der Waals surface area contributed by atoms with E-state index in [9.17, 15) is 9.50 Å². The minimum atomic E-state index is -0.250. The van der Waals surface area contributed by atoms with Gasteiger partial charge in [0.1, 0.15) is 5.82 Å². The fourth-order valence-corrected chi connectivity index (χ4v) is 3.48. The summed E-state index contributed by atoms with van der Waals surface area (Å²) < 4.78 is 18.9. The molecular weight excluding hydrogens is 367 g/mol. The van der Waals surface area contributed by atoms with E-state index in [1.807, 2.05) is 36.5 Å². The van der Waals surface area contributed by atoms with Crippen LogP contribution in [0.3, 0.4) is 0 Å². The summed E-state index contributed by atoms with van der Waals surface area (Å²) in [4.78, 5) is 4.28. The molecule has 0 saturated carbocycles. The second-order valence-electron chi connectivity index (χ2n) is 6.81. The third-order valence-corrected chi connectivity index (χ3v) is 4.93. The minimum absolute atomic E-state index is 0.126. The number of pyridine rings is 1. The molecule has 0 aliphatic carbocycles. The van der Waals surface area contributed by atoms with Gasteiger partial charge in [-0.05, 0) is 58.0 Å². The first-order valence-corrected chi connectivity index (χ1v) is 9.34. The van der Waals surface area contributed by atoms with Crippen LogP contribution in [0, 0.1) is 5.82 Å². The Balaban J connectivity index is 1.58. The average Bonchev–Trinajstić information content (AvgIpc) is 2.75. The highest BCUT2D eigenvalue weighted by Crippen LogP contribution is 2.31. The van der Waals surface area contributed by atoms with Crippen molar-refractivity contribution < 1.29 is 14.2 Å². The number of aromatic hydroxyl groups is 1. The van der Waals surface area contributed by atoms with E-state index < -0.39 is 0 Å². The van der Waals surface area contributed by atoms with Crippen molar-refractivity contribution in [2.75, 3.05) is 7.11 Å². The summed E-state index contributed by atoms with van der Waals surface area (Å²) in [5.74, 6) is 0.333. The number of halogens is 1. The van der Waals surface area contributed by atoms with Crippen molar-refractivity contribution in [3.8, 4) is 22.6 Å². The second kappa shape index (κ2) is 8.29. The van der Waals surface area contributed by atoms with Crippen molar-refractivity contribution in [2.45, 2.75) is 13.1 Å². The fraction of sp³-hybridized carbons (Fsp3) is 0.125. The van der Waals surface area contributed by atoms with E-state index in [4.69, 9.17) is 4.74 Å². The van der Waals surface area contributed by atoms with Gasteiger partial charge < -0.3 is 15.2 Å². The van der Waals surface area contributed by atoms with Gasteiger partial charge in [0, 0.05) is 30.9 Å². The second-order valence-corrected chi connectivity index (χ2v) is 6.81. The summed E-state index contributed by atoms with van der Waals surface area (Å²) in [6, 6.07) is 18.0. The Morgan fingerprint density at radius 3 is 2.72 bits per heavy atom. The lowest BCUT2D eigenvalue weighted by Gasteiger charge is -2.13. The Bertz CT molecular complexity index is 1160. The minimum Gasteiger partial charge on any atom is -0.504 e. The van der Waals surface area contributed by atoms with Gasteiger partial charge in [0.15, 0.2) is 11.5 Å². The van der Waals surface area contributed by atoms with Crippen LogP contribution in [0.15, 0.2) is 73.1 Å². The molecule has 146 valence electrons. The van der Waals surface area contributed by atoms with Crippen molar-refractivity contribution in [1.82, 2.24) is 10.3 Å². The Morgan fingerprint density at radius 1 is 1.00 bits per heavy atom. The van der Waals surface area contributed by atoms with Gasteiger partial charge in [-0.1, -0.05) is 30.3 Å². The largest absolute Gasteiger partial charge is 0.504 e. The zero-order valence-corrected chi connectivity index (χ0v) is 16.0. The lowest BCUT2D eigenvalue weighted by molar-refractivity contribution is 0.373. The van der Waals surface area contributed by atoms with E-state index in [2.05, 4.69) is 16.4 Å². The van der Waals surface area contributed by atoms with Crippen molar-refractivity contribution >= 4 is 10.8 Å². The van der Waals surface area contributed by atoms with Crippen LogP contribution in [0.4, 0.5) is 4.39 Å².